The maximum absolute atomic E-state index is 12.9. The lowest BCUT2D eigenvalue weighted by atomic mass is 10.1. The SMILES string of the molecule is CC(=O)c1c(C)[nH]c(C(=O)NNC(=O)[C@H](C)Oc2ccc(F)cc2)c1C. The van der Waals surface area contributed by atoms with Crippen LogP contribution in [0.3, 0.4) is 0 Å². The molecule has 3 N–H and O–H groups in total. The van der Waals surface area contributed by atoms with Crippen molar-refractivity contribution >= 4 is 17.6 Å². The number of carbonyl (C=O) groups excluding carboxylic acids is 3. The Kier molecular flexibility index (Phi) is 5.76. The second-order valence-corrected chi connectivity index (χ2v) is 5.84. The minimum Gasteiger partial charge on any atom is -0.481 e. The fourth-order valence-corrected chi connectivity index (χ4v) is 2.56. The van der Waals surface area contributed by atoms with E-state index in [1.54, 1.807) is 13.8 Å². The van der Waals surface area contributed by atoms with Crippen molar-refractivity contribution in [1.82, 2.24) is 15.8 Å². The highest BCUT2D eigenvalue weighted by Crippen LogP contribution is 2.18. The van der Waals surface area contributed by atoms with Crippen LogP contribution in [-0.4, -0.2) is 28.7 Å². The molecule has 0 fully saturated rings. The Hall–Kier alpha value is -3.16. The van der Waals surface area contributed by atoms with Gasteiger partial charge in [0, 0.05) is 11.3 Å². The van der Waals surface area contributed by atoms with Gasteiger partial charge in [-0.1, -0.05) is 0 Å². The van der Waals surface area contributed by atoms with Gasteiger partial charge in [-0.15, -0.1) is 0 Å². The number of hydrazine groups is 1. The molecule has 0 saturated heterocycles. The standard InChI is InChI=1S/C18H20FN3O4/c1-9-15(11(3)23)10(2)20-16(9)18(25)22-21-17(24)12(4)26-14-7-5-13(19)6-8-14/h5-8,12,20H,1-4H3,(H,21,24)(H,22,25)/t12-/m0/s1. The van der Waals surface area contributed by atoms with E-state index < -0.39 is 23.7 Å². The Morgan fingerprint density at radius 3 is 2.27 bits per heavy atom. The molecule has 1 aromatic heterocycles. The summed E-state index contributed by atoms with van der Waals surface area (Å²) in [6.07, 6.45) is -0.917. The van der Waals surface area contributed by atoms with Crippen LogP contribution in [0.5, 0.6) is 5.75 Å². The molecule has 138 valence electrons. The van der Waals surface area contributed by atoms with Crippen LogP contribution in [0.25, 0.3) is 0 Å². The number of ether oxygens (including phenoxy) is 1. The average molecular weight is 361 g/mol. The van der Waals surface area contributed by atoms with Crippen LogP contribution in [-0.2, 0) is 4.79 Å². The van der Waals surface area contributed by atoms with Crippen molar-refractivity contribution in [3.8, 4) is 5.75 Å². The first kappa shape index (κ1) is 19.2. The second-order valence-electron chi connectivity index (χ2n) is 5.84. The lowest BCUT2D eigenvalue weighted by Crippen LogP contribution is -2.47. The van der Waals surface area contributed by atoms with E-state index in [9.17, 15) is 18.8 Å². The number of carbonyl (C=O) groups is 3. The average Bonchev–Trinajstić information content (AvgIpc) is 2.89. The third-order valence-corrected chi connectivity index (χ3v) is 3.81. The van der Waals surface area contributed by atoms with E-state index in [-0.39, 0.29) is 11.5 Å². The molecule has 0 unspecified atom stereocenters. The number of benzene rings is 1. The first-order valence-corrected chi connectivity index (χ1v) is 7.93. The number of aromatic amines is 1. The molecule has 0 bridgehead atoms. The number of halogens is 1. The summed E-state index contributed by atoms with van der Waals surface area (Å²) < 4.78 is 18.2. The van der Waals surface area contributed by atoms with Gasteiger partial charge in [0.1, 0.15) is 17.3 Å². The number of Topliss-reactive ketones (excluding diaryl/α,β-unsaturated/α-hetero) is 1. The maximum Gasteiger partial charge on any atom is 0.286 e. The Morgan fingerprint density at radius 2 is 1.73 bits per heavy atom. The number of rotatable bonds is 5. The Morgan fingerprint density at radius 1 is 1.12 bits per heavy atom. The van der Waals surface area contributed by atoms with Crippen LogP contribution in [0.2, 0.25) is 0 Å². The van der Waals surface area contributed by atoms with E-state index in [0.29, 0.717) is 22.6 Å². The Bertz CT molecular complexity index is 843. The zero-order valence-electron chi connectivity index (χ0n) is 14.9. The number of hydrogen-bond acceptors (Lipinski definition) is 4. The first-order chi connectivity index (χ1) is 12.2. The number of ketones is 1. The van der Waals surface area contributed by atoms with Crippen molar-refractivity contribution in [2.45, 2.75) is 33.8 Å². The van der Waals surface area contributed by atoms with Crippen LogP contribution >= 0.6 is 0 Å². The van der Waals surface area contributed by atoms with Crippen LogP contribution in [0, 0.1) is 19.7 Å². The minimum atomic E-state index is -0.917. The fourth-order valence-electron chi connectivity index (χ4n) is 2.56. The third kappa shape index (κ3) is 4.27. The highest BCUT2D eigenvalue weighted by Gasteiger charge is 2.21. The fraction of sp³-hybridized carbons (Fsp3) is 0.278. The third-order valence-electron chi connectivity index (χ3n) is 3.81. The van der Waals surface area contributed by atoms with Gasteiger partial charge < -0.3 is 9.72 Å². The molecule has 0 radical (unpaired) electrons. The summed E-state index contributed by atoms with van der Waals surface area (Å²) in [6.45, 7) is 6.25. The van der Waals surface area contributed by atoms with Crippen LogP contribution in [0.4, 0.5) is 4.39 Å². The molecule has 7 nitrogen and oxygen atoms in total. The lowest BCUT2D eigenvalue weighted by Gasteiger charge is -2.15. The zero-order valence-corrected chi connectivity index (χ0v) is 14.9. The van der Waals surface area contributed by atoms with E-state index >= 15 is 0 Å². The van der Waals surface area contributed by atoms with Crippen LogP contribution in [0.1, 0.15) is 46.0 Å². The zero-order chi connectivity index (χ0) is 19.4. The number of aryl methyl sites for hydroxylation is 1. The largest absolute Gasteiger partial charge is 0.481 e. The summed E-state index contributed by atoms with van der Waals surface area (Å²) >= 11 is 0. The predicted molar refractivity (Wildman–Crippen MR) is 92.4 cm³/mol. The van der Waals surface area contributed by atoms with Gasteiger partial charge in [-0.05, 0) is 57.5 Å². The van der Waals surface area contributed by atoms with Crippen molar-refractivity contribution in [2.24, 2.45) is 0 Å². The molecule has 8 heteroatoms. The summed E-state index contributed by atoms with van der Waals surface area (Å²) in [6, 6.07) is 5.22. The van der Waals surface area contributed by atoms with Gasteiger partial charge in [-0.3, -0.25) is 25.2 Å². The monoisotopic (exact) mass is 361 g/mol. The van der Waals surface area contributed by atoms with Crippen LogP contribution < -0.4 is 15.6 Å². The molecule has 0 saturated carbocycles. The van der Waals surface area contributed by atoms with Crippen molar-refractivity contribution < 1.29 is 23.5 Å². The van der Waals surface area contributed by atoms with E-state index in [1.165, 1.54) is 38.1 Å². The van der Waals surface area contributed by atoms with Crippen molar-refractivity contribution in [3.05, 3.63) is 52.6 Å². The lowest BCUT2D eigenvalue weighted by molar-refractivity contribution is -0.128. The van der Waals surface area contributed by atoms with Crippen molar-refractivity contribution in [1.29, 1.82) is 0 Å². The molecular weight excluding hydrogens is 341 g/mol. The molecule has 26 heavy (non-hydrogen) atoms. The summed E-state index contributed by atoms with van der Waals surface area (Å²) in [5, 5.41) is 0. The topological polar surface area (TPSA) is 100 Å². The van der Waals surface area contributed by atoms with Gasteiger partial charge >= 0.3 is 0 Å². The highest BCUT2D eigenvalue weighted by atomic mass is 19.1. The molecular formula is C18H20FN3O4. The number of aromatic nitrogens is 1. The minimum absolute atomic E-state index is 0.152. The summed E-state index contributed by atoms with van der Waals surface area (Å²) in [5.41, 5.74) is 6.27. The molecule has 0 aliphatic heterocycles. The van der Waals surface area contributed by atoms with Gasteiger partial charge in [0.05, 0.1) is 0 Å². The number of amides is 2. The molecule has 2 rings (SSSR count). The summed E-state index contributed by atoms with van der Waals surface area (Å²) in [4.78, 5) is 38.7. The number of nitrogens with one attached hydrogen (secondary N) is 3. The Balaban J connectivity index is 1.96. The second kappa shape index (κ2) is 7.81. The van der Waals surface area contributed by atoms with E-state index in [2.05, 4.69) is 15.8 Å². The number of H-pyrrole nitrogens is 1. The number of hydrogen-bond donors (Lipinski definition) is 3. The summed E-state index contributed by atoms with van der Waals surface area (Å²) in [7, 11) is 0. The molecule has 1 aromatic carbocycles. The molecule has 0 aliphatic carbocycles. The van der Waals surface area contributed by atoms with Crippen LogP contribution in [0.15, 0.2) is 24.3 Å². The van der Waals surface area contributed by atoms with Gasteiger partial charge in [-0.25, -0.2) is 4.39 Å². The quantitative estimate of drug-likeness (QED) is 0.561. The van der Waals surface area contributed by atoms with Gasteiger partial charge in [0.2, 0.25) is 0 Å². The first-order valence-electron chi connectivity index (χ1n) is 7.93. The molecule has 2 amide bonds. The van der Waals surface area contributed by atoms with Gasteiger partial charge in [-0.2, -0.15) is 0 Å². The van der Waals surface area contributed by atoms with E-state index in [1.807, 2.05) is 0 Å². The molecule has 1 heterocycles. The Labute approximate surface area is 149 Å². The van der Waals surface area contributed by atoms with Gasteiger partial charge in [0.15, 0.2) is 11.9 Å². The predicted octanol–water partition coefficient (Wildman–Crippen LogP) is 2.20. The molecule has 2 aromatic rings. The normalized spacial score (nSPS) is 11.6. The van der Waals surface area contributed by atoms with E-state index in [4.69, 9.17) is 4.74 Å². The summed E-state index contributed by atoms with van der Waals surface area (Å²) in [5.74, 6) is -1.41. The maximum atomic E-state index is 12.9. The molecule has 0 spiro atoms. The molecule has 1 atom stereocenters. The van der Waals surface area contributed by atoms with Crippen molar-refractivity contribution in [2.75, 3.05) is 0 Å². The molecule has 0 aliphatic rings. The smallest absolute Gasteiger partial charge is 0.286 e. The van der Waals surface area contributed by atoms with Crippen molar-refractivity contribution in [3.63, 3.8) is 0 Å². The van der Waals surface area contributed by atoms with E-state index in [0.717, 1.165) is 0 Å². The highest BCUT2D eigenvalue weighted by molar-refractivity contribution is 6.02. The van der Waals surface area contributed by atoms with Gasteiger partial charge in [0.25, 0.3) is 11.8 Å².